The number of esters is 2. The maximum atomic E-state index is 14.1. The van der Waals surface area contributed by atoms with Gasteiger partial charge in [0.25, 0.3) is 0 Å². The number of alkyl halides is 6. The van der Waals surface area contributed by atoms with Crippen molar-refractivity contribution in [2.24, 2.45) is 30.7 Å². The van der Waals surface area contributed by atoms with Gasteiger partial charge in [-0.05, 0) is 123 Å². The lowest BCUT2D eigenvalue weighted by atomic mass is 10.1. The van der Waals surface area contributed by atoms with E-state index in [2.05, 4.69) is 37.3 Å². The first kappa shape index (κ1) is 43.1. The topological polar surface area (TPSA) is 136 Å². The lowest BCUT2D eigenvalue weighted by Crippen LogP contribution is -2.08. The summed E-state index contributed by atoms with van der Waals surface area (Å²) in [5, 5.41) is 22.5. The molecule has 0 radical (unpaired) electrons. The van der Waals surface area contributed by atoms with Crippen LogP contribution in [0.5, 0.6) is 11.5 Å². The zero-order valence-corrected chi connectivity index (χ0v) is 31.0. The van der Waals surface area contributed by atoms with Crippen molar-refractivity contribution < 1.29 is 50.1 Å². The van der Waals surface area contributed by atoms with E-state index in [1.807, 2.05) is 0 Å². The van der Waals surface area contributed by atoms with Crippen molar-refractivity contribution in [2.45, 2.75) is 38.0 Å². The molecular weight excluding hydrogens is 782 g/mol. The predicted molar refractivity (Wildman–Crippen MR) is 205 cm³/mol. The van der Waals surface area contributed by atoms with Crippen LogP contribution < -0.4 is 9.47 Å². The molecule has 0 N–H and O–H groups in total. The minimum absolute atomic E-state index is 0.155. The molecule has 0 bridgehead atoms. The number of rotatable bonds is 17. The number of ether oxygens (including phenoxy) is 3. The second kappa shape index (κ2) is 20.4. The number of carbonyl (C=O) groups is 2. The Bertz CT molecular complexity index is 2300. The second-order valence-corrected chi connectivity index (χ2v) is 12.4. The van der Waals surface area contributed by atoms with Crippen molar-refractivity contribution in [1.29, 1.82) is 0 Å². The molecule has 304 valence electrons. The molecule has 5 rings (SSSR count). The Morgan fingerprint density at radius 3 is 1.54 bits per heavy atom. The molecule has 0 saturated carbocycles. The first-order chi connectivity index (χ1) is 28.3. The lowest BCUT2D eigenvalue weighted by Gasteiger charge is -2.11. The number of nitrogens with zero attached hydrogens (tertiary/aromatic N) is 6. The first-order valence-electron chi connectivity index (χ1n) is 17.9. The normalized spacial score (nSPS) is 12.0. The Hall–Kier alpha value is -7.04. The Balaban J connectivity index is 1.17. The molecular formula is C42H34F6N6O5. The zero-order chi connectivity index (χ0) is 42.3. The van der Waals surface area contributed by atoms with E-state index in [9.17, 15) is 35.9 Å². The third-order valence-electron chi connectivity index (χ3n) is 8.01. The maximum Gasteiger partial charge on any atom is 0.418 e. The zero-order valence-electron chi connectivity index (χ0n) is 31.0. The summed E-state index contributed by atoms with van der Waals surface area (Å²) in [4.78, 5) is 23.7. The molecule has 0 saturated heterocycles. The average Bonchev–Trinajstić information content (AvgIpc) is 3.23. The Labute approximate surface area is 333 Å². The molecule has 0 aliphatic rings. The van der Waals surface area contributed by atoms with Gasteiger partial charge in [0.1, 0.15) is 11.5 Å². The van der Waals surface area contributed by atoms with Crippen molar-refractivity contribution in [3.05, 3.63) is 145 Å². The number of carbonyl (C=O) groups excluding carboxylic acids is 2. The third-order valence-corrected chi connectivity index (χ3v) is 8.01. The molecule has 0 spiro atoms. The smallest absolute Gasteiger partial charge is 0.418 e. The van der Waals surface area contributed by atoms with Crippen LogP contribution in [0.25, 0.3) is 0 Å². The molecule has 0 amide bonds. The number of benzene rings is 5. The van der Waals surface area contributed by atoms with Crippen molar-refractivity contribution in [3.8, 4) is 11.5 Å². The molecule has 11 nitrogen and oxygen atoms in total. The molecule has 59 heavy (non-hydrogen) atoms. The van der Waals surface area contributed by atoms with Crippen LogP contribution in [0.15, 0.2) is 159 Å². The van der Waals surface area contributed by atoms with E-state index in [1.54, 1.807) is 54.6 Å². The largest absolute Gasteiger partial charge is 0.494 e. The van der Waals surface area contributed by atoms with E-state index < -0.39 is 46.8 Å². The van der Waals surface area contributed by atoms with Gasteiger partial charge in [-0.2, -0.15) is 46.8 Å². The number of hydrogen-bond acceptors (Lipinski definition) is 11. The fourth-order valence-corrected chi connectivity index (χ4v) is 5.05. The summed E-state index contributed by atoms with van der Waals surface area (Å²) in [5.41, 5.74) is -3.56. The molecule has 0 fully saturated rings. The second-order valence-electron chi connectivity index (χ2n) is 12.4. The first-order valence-corrected chi connectivity index (χ1v) is 17.9. The summed E-state index contributed by atoms with van der Waals surface area (Å²) in [5.74, 6) is -0.344. The van der Waals surface area contributed by atoms with E-state index in [-0.39, 0.29) is 28.4 Å². The molecule has 0 aliphatic carbocycles. The van der Waals surface area contributed by atoms with Gasteiger partial charge < -0.3 is 14.2 Å². The highest BCUT2D eigenvalue weighted by atomic mass is 19.4. The van der Waals surface area contributed by atoms with Gasteiger partial charge in [-0.3, -0.25) is 0 Å². The lowest BCUT2D eigenvalue weighted by molar-refractivity contribution is -0.138. The molecule has 17 heteroatoms. The van der Waals surface area contributed by atoms with Gasteiger partial charge in [0.2, 0.25) is 0 Å². The van der Waals surface area contributed by atoms with Gasteiger partial charge in [0.05, 0.1) is 64.0 Å². The van der Waals surface area contributed by atoms with Gasteiger partial charge in [-0.25, -0.2) is 9.59 Å². The molecule has 0 aromatic heterocycles. The standard InChI is InChI=1S/C42H34F6N6O5/c1-2-39(55)58-25-9-4-3-8-24-57-33-18-12-28(13-19-33)40(56)59-34-20-14-30(15-21-34)50-52-32-17-23-38(36(27-32)42(46,47)48)54-53-37-22-16-31(26-35(37)41(43,44)45)51-49-29-10-6-5-7-11-29/h2,5-7,10-23,26-27H,1,3-4,8-9,24-25H2. The van der Waals surface area contributed by atoms with Gasteiger partial charge in [0, 0.05) is 6.08 Å². The van der Waals surface area contributed by atoms with E-state index in [0.717, 1.165) is 50.0 Å². The van der Waals surface area contributed by atoms with Crippen molar-refractivity contribution in [1.82, 2.24) is 0 Å². The fraction of sp³-hybridized carbons (Fsp3) is 0.190. The minimum atomic E-state index is -4.97. The summed E-state index contributed by atoms with van der Waals surface area (Å²) in [6.07, 6.45) is -5.48. The van der Waals surface area contributed by atoms with Crippen LogP contribution in [0.1, 0.15) is 47.2 Å². The number of unbranched alkanes of at least 4 members (excludes halogenated alkanes) is 3. The van der Waals surface area contributed by atoms with Gasteiger partial charge in [0.15, 0.2) is 0 Å². The van der Waals surface area contributed by atoms with E-state index in [0.29, 0.717) is 36.8 Å². The minimum Gasteiger partial charge on any atom is -0.494 e. The van der Waals surface area contributed by atoms with Crippen molar-refractivity contribution in [3.63, 3.8) is 0 Å². The van der Waals surface area contributed by atoms with Crippen LogP contribution in [0.2, 0.25) is 0 Å². The average molecular weight is 817 g/mol. The maximum absolute atomic E-state index is 14.1. The SMILES string of the molecule is C=CC(=O)OCCCCCCOc1ccc(C(=O)Oc2ccc(N=Nc3ccc(N=Nc4ccc(N=Nc5ccccc5)cc4C(F)(F)F)c(C(F)(F)F)c3)cc2)cc1. The summed E-state index contributed by atoms with van der Waals surface area (Å²) in [6.45, 7) is 4.15. The van der Waals surface area contributed by atoms with Crippen LogP contribution in [-0.4, -0.2) is 25.2 Å². The molecule has 5 aromatic rings. The van der Waals surface area contributed by atoms with Crippen LogP contribution >= 0.6 is 0 Å². The number of halogens is 6. The van der Waals surface area contributed by atoms with Crippen LogP contribution in [-0.2, 0) is 21.9 Å². The summed E-state index contributed by atoms with van der Waals surface area (Å²) >= 11 is 0. The monoisotopic (exact) mass is 816 g/mol. The Morgan fingerprint density at radius 2 is 1.02 bits per heavy atom. The quantitative estimate of drug-likeness (QED) is 0.0230. The highest BCUT2D eigenvalue weighted by Gasteiger charge is 2.36. The number of hydrogen-bond donors (Lipinski definition) is 0. The summed E-state index contributed by atoms with van der Waals surface area (Å²) < 4.78 is 99.9. The van der Waals surface area contributed by atoms with Crippen LogP contribution in [0.3, 0.4) is 0 Å². The van der Waals surface area contributed by atoms with E-state index in [4.69, 9.17) is 14.2 Å². The van der Waals surface area contributed by atoms with Gasteiger partial charge in [-0.1, -0.05) is 24.8 Å². The van der Waals surface area contributed by atoms with Gasteiger partial charge >= 0.3 is 24.3 Å². The van der Waals surface area contributed by atoms with E-state index >= 15 is 0 Å². The summed E-state index contributed by atoms with van der Waals surface area (Å²) in [6, 6.07) is 25.8. The van der Waals surface area contributed by atoms with E-state index in [1.165, 1.54) is 30.3 Å². The van der Waals surface area contributed by atoms with Gasteiger partial charge in [-0.15, -0.1) is 10.2 Å². The Morgan fingerprint density at radius 1 is 0.542 bits per heavy atom. The van der Waals surface area contributed by atoms with Crippen molar-refractivity contribution in [2.75, 3.05) is 13.2 Å². The molecule has 0 unspecified atom stereocenters. The highest BCUT2D eigenvalue weighted by molar-refractivity contribution is 5.91. The van der Waals surface area contributed by atoms with Crippen molar-refractivity contribution >= 4 is 46.1 Å². The predicted octanol–water partition coefficient (Wildman–Crippen LogP) is 13.9. The summed E-state index contributed by atoms with van der Waals surface area (Å²) in [7, 11) is 0. The molecule has 0 atom stereocenters. The van der Waals surface area contributed by atoms with Crippen LogP contribution in [0.4, 0.5) is 60.5 Å². The van der Waals surface area contributed by atoms with Crippen LogP contribution in [0, 0.1) is 0 Å². The fourth-order valence-electron chi connectivity index (χ4n) is 5.05. The number of azo groups is 3. The molecule has 0 heterocycles. The molecule has 5 aromatic carbocycles. The highest BCUT2D eigenvalue weighted by Crippen LogP contribution is 2.42. The third kappa shape index (κ3) is 13.5. The Kier molecular flexibility index (Phi) is 14.9. The molecule has 0 aliphatic heterocycles.